The van der Waals surface area contributed by atoms with Crippen molar-refractivity contribution < 1.29 is 18.8 Å². The number of hydrogen-bond donors (Lipinski definition) is 1. The lowest BCUT2D eigenvalue weighted by Gasteiger charge is -2.32. The van der Waals surface area contributed by atoms with Gasteiger partial charge in [0.15, 0.2) is 11.4 Å². The molecule has 2 aliphatic rings. The monoisotopic (exact) mass is 318 g/mol. The van der Waals surface area contributed by atoms with Crippen LogP contribution in [-0.2, 0) is 9.31 Å². The fourth-order valence-corrected chi connectivity index (χ4v) is 2.38. The predicted octanol–water partition coefficient (Wildman–Crippen LogP) is 1.28. The minimum absolute atomic E-state index is 0.142. The van der Waals surface area contributed by atoms with Gasteiger partial charge < -0.3 is 19.4 Å². The lowest BCUT2D eigenvalue weighted by Crippen LogP contribution is -2.41. The number of aromatic nitrogens is 1. The standard InChI is InChI=1S/C16H23BN2O4/c1-15(2)16(3,4)23-17(22-15)11-8-9-19-12(14(20)18-5)13(11)21-10-6-7-10/h8-10H,6-7H2,1-5H3,(H,18,20). The molecule has 0 bridgehead atoms. The highest BCUT2D eigenvalue weighted by Gasteiger charge is 2.53. The molecule has 1 aliphatic heterocycles. The second kappa shape index (κ2) is 5.49. The Bertz CT molecular complexity index is 613. The van der Waals surface area contributed by atoms with Gasteiger partial charge in [0, 0.05) is 18.7 Å². The van der Waals surface area contributed by atoms with Crippen LogP contribution < -0.4 is 15.5 Å². The zero-order chi connectivity index (χ0) is 16.8. The van der Waals surface area contributed by atoms with E-state index in [4.69, 9.17) is 14.0 Å². The third-order valence-electron chi connectivity index (χ3n) is 4.69. The number of rotatable bonds is 4. The maximum Gasteiger partial charge on any atom is 0.498 e. The van der Waals surface area contributed by atoms with Crippen LogP contribution in [-0.4, -0.2) is 42.4 Å². The van der Waals surface area contributed by atoms with Crippen molar-refractivity contribution in [1.29, 1.82) is 0 Å². The molecule has 2 fully saturated rings. The van der Waals surface area contributed by atoms with E-state index in [0.29, 0.717) is 11.2 Å². The lowest BCUT2D eigenvalue weighted by molar-refractivity contribution is 0.00578. The first-order valence-electron chi connectivity index (χ1n) is 7.98. The Hall–Kier alpha value is -1.60. The summed E-state index contributed by atoms with van der Waals surface area (Å²) in [6, 6.07) is 1.80. The minimum atomic E-state index is -0.583. The summed E-state index contributed by atoms with van der Waals surface area (Å²) in [7, 11) is 0.993. The van der Waals surface area contributed by atoms with Crippen LogP contribution in [0.25, 0.3) is 0 Å². The number of carbonyl (C=O) groups is 1. The molecule has 1 saturated carbocycles. The Morgan fingerprint density at radius 2 is 1.91 bits per heavy atom. The largest absolute Gasteiger partial charge is 0.498 e. The molecule has 1 amide bonds. The van der Waals surface area contributed by atoms with Crippen molar-refractivity contribution in [3.8, 4) is 5.75 Å². The van der Waals surface area contributed by atoms with E-state index in [1.807, 2.05) is 27.7 Å². The summed E-state index contributed by atoms with van der Waals surface area (Å²) in [5, 5.41) is 2.60. The second-order valence-corrected chi connectivity index (χ2v) is 7.06. The normalized spacial score (nSPS) is 22.0. The molecule has 1 aromatic heterocycles. The van der Waals surface area contributed by atoms with Crippen LogP contribution in [0.3, 0.4) is 0 Å². The fourth-order valence-electron chi connectivity index (χ4n) is 2.38. The Balaban J connectivity index is 2.00. The van der Waals surface area contributed by atoms with Gasteiger partial charge in [0.2, 0.25) is 0 Å². The van der Waals surface area contributed by atoms with Gasteiger partial charge in [-0.15, -0.1) is 0 Å². The molecule has 3 rings (SSSR count). The average Bonchev–Trinajstić information content (AvgIpc) is 3.25. The van der Waals surface area contributed by atoms with E-state index >= 15 is 0 Å². The van der Waals surface area contributed by atoms with E-state index in [1.165, 1.54) is 0 Å². The molecule has 2 heterocycles. The Morgan fingerprint density at radius 3 is 2.43 bits per heavy atom. The first-order valence-corrected chi connectivity index (χ1v) is 7.98. The van der Waals surface area contributed by atoms with E-state index in [2.05, 4.69) is 10.3 Å². The second-order valence-electron chi connectivity index (χ2n) is 7.06. The first-order chi connectivity index (χ1) is 10.7. The van der Waals surface area contributed by atoms with Crippen LogP contribution in [0.5, 0.6) is 5.75 Å². The summed E-state index contributed by atoms with van der Waals surface area (Å²) in [6.45, 7) is 7.98. The Kier molecular flexibility index (Phi) is 3.88. The van der Waals surface area contributed by atoms with Gasteiger partial charge in [-0.3, -0.25) is 4.79 Å². The molecule has 1 aromatic rings. The molecule has 0 unspecified atom stereocenters. The molecule has 1 saturated heterocycles. The number of pyridine rings is 1. The molecular weight excluding hydrogens is 295 g/mol. The van der Waals surface area contributed by atoms with Crippen molar-refractivity contribution in [2.45, 2.75) is 57.8 Å². The molecule has 6 nitrogen and oxygen atoms in total. The molecule has 0 aromatic carbocycles. The van der Waals surface area contributed by atoms with Crippen molar-refractivity contribution in [2.24, 2.45) is 0 Å². The summed E-state index contributed by atoms with van der Waals surface area (Å²) in [5.74, 6) is 0.187. The number of hydrogen-bond acceptors (Lipinski definition) is 5. The highest BCUT2D eigenvalue weighted by molar-refractivity contribution is 6.63. The summed E-state index contributed by atoms with van der Waals surface area (Å²) >= 11 is 0. The fraction of sp³-hybridized carbons (Fsp3) is 0.625. The van der Waals surface area contributed by atoms with Crippen molar-refractivity contribution in [2.75, 3.05) is 7.05 Å². The molecule has 1 N–H and O–H groups in total. The zero-order valence-corrected chi connectivity index (χ0v) is 14.3. The summed E-state index contributed by atoms with van der Waals surface area (Å²) in [4.78, 5) is 16.3. The average molecular weight is 318 g/mol. The summed E-state index contributed by atoms with van der Waals surface area (Å²) < 4.78 is 18.2. The van der Waals surface area contributed by atoms with Gasteiger partial charge >= 0.3 is 7.12 Å². The van der Waals surface area contributed by atoms with Gasteiger partial charge in [-0.05, 0) is 46.6 Å². The van der Waals surface area contributed by atoms with Crippen molar-refractivity contribution in [3.63, 3.8) is 0 Å². The molecule has 23 heavy (non-hydrogen) atoms. The number of ether oxygens (including phenoxy) is 1. The van der Waals surface area contributed by atoms with Crippen molar-refractivity contribution in [1.82, 2.24) is 10.3 Å². The number of amides is 1. The maximum atomic E-state index is 12.1. The predicted molar refractivity (Wildman–Crippen MR) is 87.0 cm³/mol. The number of carbonyl (C=O) groups excluding carboxylic acids is 1. The number of nitrogens with one attached hydrogen (secondary N) is 1. The van der Waals surface area contributed by atoms with Crippen LogP contribution in [0.4, 0.5) is 0 Å². The molecule has 0 spiro atoms. The van der Waals surface area contributed by atoms with Crippen LogP contribution in [0.2, 0.25) is 0 Å². The maximum absolute atomic E-state index is 12.1. The van der Waals surface area contributed by atoms with Gasteiger partial charge in [0.25, 0.3) is 5.91 Å². The lowest BCUT2D eigenvalue weighted by atomic mass is 9.78. The molecule has 1 aliphatic carbocycles. The van der Waals surface area contributed by atoms with E-state index < -0.39 is 18.3 Å². The zero-order valence-electron chi connectivity index (χ0n) is 14.3. The SMILES string of the molecule is CNC(=O)c1nccc(B2OC(C)(C)C(C)(C)O2)c1OC1CC1. The van der Waals surface area contributed by atoms with Gasteiger partial charge in [-0.25, -0.2) is 4.98 Å². The van der Waals surface area contributed by atoms with Crippen LogP contribution in [0, 0.1) is 0 Å². The van der Waals surface area contributed by atoms with Crippen LogP contribution in [0.1, 0.15) is 51.0 Å². The molecular formula is C16H23BN2O4. The Morgan fingerprint density at radius 1 is 1.30 bits per heavy atom. The van der Waals surface area contributed by atoms with E-state index in [9.17, 15) is 4.79 Å². The van der Waals surface area contributed by atoms with Gasteiger partial charge in [0.05, 0.1) is 17.3 Å². The van der Waals surface area contributed by atoms with E-state index in [0.717, 1.165) is 12.8 Å². The van der Waals surface area contributed by atoms with Crippen molar-refractivity contribution >= 4 is 18.5 Å². The topological polar surface area (TPSA) is 69.7 Å². The van der Waals surface area contributed by atoms with Gasteiger partial charge in [0.1, 0.15) is 0 Å². The molecule has 0 atom stereocenters. The quantitative estimate of drug-likeness (QED) is 0.847. The third kappa shape index (κ3) is 2.95. The van der Waals surface area contributed by atoms with E-state index in [-0.39, 0.29) is 17.7 Å². The number of nitrogens with zero attached hydrogens (tertiary/aromatic N) is 1. The highest BCUT2D eigenvalue weighted by Crippen LogP contribution is 2.38. The molecule has 124 valence electrons. The van der Waals surface area contributed by atoms with Crippen LogP contribution in [0.15, 0.2) is 12.3 Å². The Labute approximate surface area is 137 Å². The van der Waals surface area contributed by atoms with Crippen LogP contribution >= 0.6 is 0 Å². The first kappa shape index (κ1) is 16.3. The molecule has 7 heteroatoms. The summed E-state index contributed by atoms with van der Waals surface area (Å²) in [5.41, 5.74) is 0.0754. The van der Waals surface area contributed by atoms with Gasteiger partial charge in [-0.1, -0.05) is 0 Å². The minimum Gasteiger partial charge on any atom is -0.488 e. The summed E-state index contributed by atoms with van der Waals surface area (Å²) in [6.07, 6.45) is 3.71. The van der Waals surface area contributed by atoms with E-state index in [1.54, 1.807) is 19.3 Å². The van der Waals surface area contributed by atoms with Crippen molar-refractivity contribution in [3.05, 3.63) is 18.0 Å². The smallest absolute Gasteiger partial charge is 0.488 e. The third-order valence-corrected chi connectivity index (χ3v) is 4.69. The molecule has 0 radical (unpaired) electrons. The van der Waals surface area contributed by atoms with Gasteiger partial charge in [-0.2, -0.15) is 0 Å². The highest BCUT2D eigenvalue weighted by atomic mass is 16.7.